The van der Waals surface area contributed by atoms with Gasteiger partial charge in [-0.25, -0.2) is 9.59 Å². The van der Waals surface area contributed by atoms with E-state index in [4.69, 9.17) is 0 Å². The van der Waals surface area contributed by atoms with Crippen molar-refractivity contribution in [3.8, 4) is 0 Å². The molecule has 0 saturated heterocycles. The number of esters is 2. The van der Waals surface area contributed by atoms with Crippen LogP contribution in [0.1, 0.15) is 20.7 Å². The van der Waals surface area contributed by atoms with Gasteiger partial charge in [0.25, 0.3) is 0 Å². The SMILES string of the molecule is COC(=O)c1ccc(C(=O)OC)c(NC(=O)C(F)(F)C(F)(F)C(F)(F)F)c1. The molecule has 6 nitrogen and oxygen atoms in total. The van der Waals surface area contributed by atoms with Gasteiger partial charge in [-0.05, 0) is 18.2 Å². The maximum absolute atomic E-state index is 13.4. The standard InChI is InChI=1S/C14H10F7NO5/c1-26-9(23)6-3-4-7(10(24)27-2)8(5-6)22-11(25)12(15,16)13(17,18)14(19,20)21/h3-5H,1-2H3,(H,22,25). The van der Waals surface area contributed by atoms with Gasteiger partial charge in [-0.1, -0.05) is 0 Å². The van der Waals surface area contributed by atoms with E-state index < -0.39 is 52.7 Å². The van der Waals surface area contributed by atoms with E-state index in [0.29, 0.717) is 6.07 Å². The van der Waals surface area contributed by atoms with Crippen LogP contribution in [0.4, 0.5) is 36.4 Å². The largest absolute Gasteiger partial charge is 0.465 e. The number of rotatable bonds is 5. The number of anilines is 1. The molecule has 1 aromatic carbocycles. The first-order valence-corrected chi connectivity index (χ1v) is 6.65. The fraction of sp³-hybridized carbons (Fsp3) is 0.357. The Bertz CT molecular complexity index is 761. The summed E-state index contributed by atoms with van der Waals surface area (Å²) in [5.74, 6) is -18.3. The van der Waals surface area contributed by atoms with Crippen molar-refractivity contribution < 1.29 is 54.6 Å². The predicted octanol–water partition coefficient (Wildman–Crippen LogP) is 3.03. The molecule has 0 aromatic heterocycles. The fourth-order valence-corrected chi connectivity index (χ4v) is 1.70. The lowest BCUT2D eigenvalue weighted by Crippen LogP contribution is -2.57. The van der Waals surface area contributed by atoms with Gasteiger partial charge in [0.1, 0.15) is 0 Å². The van der Waals surface area contributed by atoms with E-state index in [0.717, 1.165) is 31.7 Å². The molecule has 0 aliphatic rings. The van der Waals surface area contributed by atoms with E-state index in [9.17, 15) is 45.1 Å². The molecule has 0 fully saturated rings. The summed E-state index contributed by atoms with van der Waals surface area (Å²) in [7, 11) is 1.77. The molecule has 0 aliphatic carbocycles. The second-order valence-electron chi connectivity index (χ2n) is 4.84. The Balaban J connectivity index is 3.38. The minimum Gasteiger partial charge on any atom is -0.465 e. The van der Waals surface area contributed by atoms with E-state index in [-0.39, 0.29) is 0 Å². The van der Waals surface area contributed by atoms with E-state index >= 15 is 0 Å². The molecule has 1 N–H and O–H groups in total. The first kappa shape index (κ1) is 22.2. The van der Waals surface area contributed by atoms with Crippen molar-refractivity contribution in [2.75, 3.05) is 19.5 Å². The molecule has 1 aromatic rings. The van der Waals surface area contributed by atoms with Gasteiger partial charge in [0.05, 0.1) is 31.0 Å². The topological polar surface area (TPSA) is 81.7 Å². The van der Waals surface area contributed by atoms with Crippen LogP contribution in [0, 0.1) is 0 Å². The van der Waals surface area contributed by atoms with Gasteiger partial charge in [-0.2, -0.15) is 30.7 Å². The zero-order valence-electron chi connectivity index (χ0n) is 13.4. The summed E-state index contributed by atoms with van der Waals surface area (Å²) < 4.78 is 97.8. The summed E-state index contributed by atoms with van der Waals surface area (Å²) in [6.07, 6.45) is -6.73. The Hall–Kier alpha value is -2.86. The summed E-state index contributed by atoms with van der Waals surface area (Å²) in [4.78, 5) is 34.4. The quantitative estimate of drug-likeness (QED) is 0.602. The summed E-state index contributed by atoms with van der Waals surface area (Å²) in [5, 5.41) is 1.09. The lowest BCUT2D eigenvalue weighted by Gasteiger charge is -2.27. The number of benzene rings is 1. The van der Waals surface area contributed by atoms with Crippen LogP contribution in [0.3, 0.4) is 0 Å². The van der Waals surface area contributed by atoms with Gasteiger partial charge in [0.2, 0.25) is 0 Å². The highest BCUT2D eigenvalue weighted by molar-refractivity contribution is 6.05. The van der Waals surface area contributed by atoms with Crippen LogP contribution in [0.2, 0.25) is 0 Å². The number of hydrogen-bond acceptors (Lipinski definition) is 5. The third-order valence-electron chi connectivity index (χ3n) is 3.13. The minimum atomic E-state index is -6.73. The van der Waals surface area contributed by atoms with Crippen LogP contribution in [-0.2, 0) is 14.3 Å². The van der Waals surface area contributed by atoms with Crippen LogP contribution in [-0.4, -0.2) is 50.1 Å². The zero-order chi connectivity index (χ0) is 21.2. The molecule has 0 bridgehead atoms. The maximum Gasteiger partial charge on any atom is 0.460 e. The average Bonchev–Trinajstić information content (AvgIpc) is 2.58. The Morgan fingerprint density at radius 2 is 1.41 bits per heavy atom. The molecule has 1 amide bonds. The highest BCUT2D eigenvalue weighted by Gasteiger charge is 2.76. The van der Waals surface area contributed by atoms with Crippen LogP contribution in [0.15, 0.2) is 18.2 Å². The number of carbonyl (C=O) groups is 3. The molecule has 150 valence electrons. The van der Waals surface area contributed by atoms with Crippen molar-refractivity contribution in [2.45, 2.75) is 18.0 Å². The van der Waals surface area contributed by atoms with Crippen molar-refractivity contribution >= 4 is 23.5 Å². The number of amides is 1. The number of nitrogens with one attached hydrogen (secondary N) is 1. The molecule has 0 aliphatic heterocycles. The van der Waals surface area contributed by atoms with Crippen LogP contribution in [0.25, 0.3) is 0 Å². The Morgan fingerprint density at radius 1 is 0.889 bits per heavy atom. The summed E-state index contributed by atoms with van der Waals surface area (Å²) in [5.41, 5.74) is -2.08. The third kappa shape index (κ3) is 4.11. The van der Waals surface area contributed by atoms with E-state index in [1.807, 2.05) is 0 Å². The molecular formula is C14H10F7NO5. The Labute approximate surface area is 146 Å². The molecule has 0 unspecified atom stereocenters. The lowest BCUT2D eigenvalue weighted by molar-refractivity contribution is -0.343. The third-order valence-corrected chi connectivity index (χ3v) is 3.13. The molecule has 13 heteroatoms. The molecule has 0 spiro atoms. The van der Waals surface area contributed by atoms with Gasteiger partial charge >= 0.3 is 35.9 Å². The van der Waals surface area contributed by atoms with E-state index in [1.165, 1.54) is 0 Å². The summed E-state index contributed by atoms with van der Waals surface area (Å²) in [6, 6.07) is 2.29. The van der Waals surface area contributed by atoms with E-state index in [1.54, 1.807) is 0 Å². The molecule has 0 radical (unpaired) electrons. The average molecular weight is 405 g/mol. The first-order valence-electron chi connectivity index (χ1n) is 6.65. The normalized spacial score (nSPS) is 12.3. The smallest absolute Gasteiger partial charge is 0.460 e. The number of methoxy groups -OCH3 is 2. The van der Waals surface area contributed by atoms with Crippen molar-refractivity contribution in [1.29, 1.82) is 0 Å². The number of carbonyl (C=O) groups excluding carboxylic acids is 3. The van der Waals surface area contributed by atoms with Gasteiger partial charge in [-0.3, -0.25) is 4.79 Å². The number of hydrogen-bond donors (Lipinski definition) is 1. The number of alkyl halides is 7. The molecule has 1 rings (SSSR count). The summed E-state index contributed by atoms with van der Waals surface area (Å²) >= 11 is 0. The molecule has 27 heavy (non-hydrogen) atoms. The minimum absolute atomic E-state index is 0.425. The fourth-order valence-electron chi connectivity index (χ4n) is 1.70. The number of halogens is 7. The van der Waals surface area contributed by atoms with Crippen molar-refractivity contribution in [2.24, 2.45) is 0 Å². The Morgan fingerprint density at radius 3 is 1.85 bits per heavy atom. The maximum atomic E-state index is 13.4. The number of ether oxygens (including phenoxy) is 2. The highest BCUT2D eigenvalue weighted by Crippen LogP contribution is 2.47. The van der Waals surface area contributed by atoms with Crippen LogP contribution < -0.4 is 5.32 Å². The van der Waals surface area contributed by atoms with Crippen molar-refractivity contribution in [1.82, 2.24) is 0 Å². The van der Waals surface area contributed by atoms with Crippen molar-refractivity contribution in [3.63, 3.8) is 0 Å². The molecule has 0 heterocycles. The molecule has 0 saturated carbocycles. The zero-order valence-corrected chi connectivity index (χ0v) is 13.4. The second kappa shape index (κ2) is 7.40. The first-order chi connectivity index (χ1) is 12.2. The summed E-state index contributed by atoms with van der Waals surface area (Å²) in [6.45, 7) is 0. The van der Waals surface area contributed by atoms with Gasteiger partial charge < -0.3 is 14.8 Å². The van der Waals surface area contributed by atoms with Crippen molar-refractivity contribution in [3.05, 3.63) is 29.3 Å². The highest BCUT2D eigenvalue weighted by atomic mass is 19.4. The second-order valence-corrected chi connectivity index (χ2v) is 4.84. The lowest BCUT2D eigenvalue weighted by atomic mass is 10.1. The predicted molar refractivity (Wildman–Crippen MR) is 73.7 cm³/mol. The molecular weight excluding hydrogens is 395 g/mol. The Kier molecular flexibility index (Phi) is 6.08. The van der Waals surface area contributed by atoms with E-state index in [2.05, 4.69) is 9.47 Å². The van der Waals surface area contributed by atoms with Gasteiger partial charge in [0, 0.05) is 0 Å². The van der Waals surface area contributed by atoms with Crippen LogP contribution in [0.5, 0.6) is 0 Å². The van der Waals surface area contributed by atoms with Gasteiger partial charge in [-0.15, -0.1) is 0 Å². The molecule has 0 atom stereocenters. The monoisotopic (exact) mass is 405 g/mol. The van der Waals surface area contributed by atoms with Gasteiger partial charge in [0.15, 0.2) is 0 Å². The van der Waals surface area contributed by atoms with Crippen LogP contribution >= 0.6 is 0 Å².